The van der Waals surface area contributed by atoms with Crippen LogP contribution in [0, 0.1) is 0 Å². The summed E-state index contributed by atoms with van der Waals surface area (Å²) in [5.74, 6) is 0. The van der Waals surface area contributed by atoms with Crippen LogP contribution >= 0.6 is 11.3 Å². The second-order valence-corrected chi connectivity index (χ2v) is 2.07. The fraction of sp³-hybridized carbons (Fsp3) is 0. The number of hydrogen-bond acceptors (Lipinski definition) is 4. The Morgan fingerprint density at radius 2 is 2.78 bits per heavy atom. The Balaban J connectivity index is 2.57. The van der Waals surface area contributed by atoms with E-state index in [9.17, 15) is 0 Å². The zero-order chi connectivity index (χ0) is 6.53. The first kappa shape index (κ1) is 6.18. The van der Waals surface area contributed by atoms with Gasteiger partial charge >= 0.3 is 0 Å². The lowest BCUT2D eigenvalue weighted by Gasteiger charge is -1.80. The van der Waals surface area contributed by atoms with Gasteiger partial charge in [-0.25, -0.2) is 9.98 Å². The topological polar surface area (TPSA) is 57.5 Å². The Morgan fingerprint density at radius 3 is 3.33 bits per heavy atom. The molecule has 0 aliphatic carbocycles. The standard InChI is InChI=1S/C4H5N3OS/c8-7-3-6-4-5-1-2-9-4/h1-3,8H,(H,5,6,7). The fourth-order valence-corrected chi connectivity index (χ4v) is 0.842. The Bertz CT molecular complexity index is 184. The molecule has 9 heavy (non-hydrogen) atoms. The van der Waals surface area contributed by atoms with Crippen molar-refractivity contribution in [3.8, 4) is 0 Å². The molecule has 0 saturated carbocycles. The van der Waals surface area contributed by atoms with Crippen LogP contribution in [0.15, 0.2) is 16.6 Å². The number of nitrogens with one attached hydrogen (secondary N) is 1. The van der Waals surface area contributed by atoms with Gasteiger partial charge in [-0.1, -0.05) is 0 Å². The monoisotopic (exact) mass is 143 g/mol. The fourth-order valence-electron chi connectivity index (χ4n) is 0.364. The van der Waals surface area contributed by atoms with Gasteiger partial charge in [-0.3, -0.25) is 10.7 Å². The Hall–Kier alpha value is -0.940. The summed E-state index contributed by atoms with van der Waals surface area (Å²) in [5, 5.41) is 10.5. The quantitative estimate of drug-likeness (QED) is 0.365. The zero-order valence-corrected chi connectivity index (χ0v) is 5.30. The smallest absolute Gasteiger partial charge is 0.210 e. The van der Waals surface area contributed by atoms with Gasteiger partial charge in [0, 0.05) is 11.6 Å². The van der Waals surface area contributed by atoms with E-state index >= 15 is 0 Å². The summed E-state index contributed by atoms with van der Waals surface area (Å²) < 4.78 is 0. The van der Waals surface area contributed by atoms with Gasteiger partial charge in [-0.2, -0.15) is 0 Å². The molecule has 0 atom stereocenters. The van der Waals surface area contributed by atoms with Gasteiger partial charge in [0.2, 0.25) is 5.13 Å². The van der Waals surface area contributed by atoms with Crippen molar-refractivity contribution in [1.82, 2.24) is 10.5 Å². The average Bonchev–Trinajstić information content (AvgIpc) is 2.34. The molecule has 0 aliphatic rings. The van der Waals surface area contributed by atoms with Crippen molar-refractivity contribution < 1.29 is 5.21 Å². The number of hydrogen-bond donors (Lipinski definition) is 2. The molecule has 48 valence electrons. The summed E-state index contributed by atoms with van der Waals surface area (Å²) in [6, 6.07) is 0. The minimum absolute atomic E-state index is 0.622. The number of rotatable bonds is 2. The van der Waals surface area contributed by atoms with Crippen molar-refractivity contribution in [1.29, 1.82) is 0 Å². The third-order valence-corrected chi connectivity index (χ3v) is 1.33. The Labute approximate surface area is 55.8 Å². The lowest BCUT2D eigenvalue weighted by atomic mass is 11.0. The molecule has 0 aromatic carbocycles. The van der Waals surface area contributed by atoms with Crippen LogP contribution in [-0.2, 0) is 0 Å². The highest BCUT2D eigenvalue weighted by Gasteiger charge is 1.84. The van der Waals surface area contributed by atoms with E-state index in [4.69, 9.17) is 5.21 Å². The molecule has 1 aromatic heterocycles. The summed E-state index contributed by atoms with van der Waals surface area (Å²) in [4.78, 5) is 7.53. The molecule has 4 nitrogen and oxygen atoms in total. The van der Waals surface area contributed by atoms with Crippen LogP contribution in [0.5, 0.6) is 0 Å². The Kier molecular flexibility index (Phi) is 2.17. The highest BCUT2D eigenvalue weighted by molar-refractivity contribution is 7.13. The van der Waals surface area contributed by atoms with Crippen LogP contribution < -0.4 is 5.48 Å². The normalized spacial score (nSPS) is 10.3. The van der Waals surface area contributed by atoms with Crippen molar-refractivity contribution in [2.45, 2.75) is 0 Å². The molecule has 1 heterocycles. The highest BCUT2D eigenvalue weighted by Crippen LogP contribution is 2.12. The van der Waals surface area contributed by atoms with Crippen molar-refractivity contribution in [3.05, 3.63) is 11.6 Å². The van der Waals surface area contributed by atoms with Crippen molar-refractivity contribution in [2.75, 3.05) is 0 Å². The van der Waals surface area contributed by atoms with E-state index < -0.39 is 0 Å². The van der Waals surface area contributed by atoms with Gasteiger partial charge in [-0.15, -0.1) is 11.3 Å². The van der Waals surface area contributed by atoms with Crippen molar-refractivity contribution in [3.63, 3.8) is 0 Å². The van der Waals surface area contributed by atoms with Gasteiger partial charge < -0.3 is 0 Å². The SMILES string of the molecule is ONC=Nc1nccs1. The van der Waals surface area contributed by atoms with Gasteiger partial charge in [0.1, 0.15) is 6.34 Å². The average molecular weight is 143 g/mol. The Morgan fingerprint density at radius 1 is 1.89 bits per heavy atom. The number of aromatic nitrogens is 1. The molecule has 5 heteroatoms. The number of thiazole rings is 1. The van der Waals surface area contributed by atoms with Crippen LogP contribution in [0.1, 0.15) is 0 Å². The molecule has 0 aliphatic heterocycles. The van der Waals surface area contributed by atoms with Crippen LogP contribution in [0.25, 0.3) is 0 Å². The highest BCUT2D eigenvalue weighted by atomic mass is 32.1. The molecule has 0 radical (unpaired) electrons. The lowest BCUT2D eigenvalue weighted by Crippen LogP contribution is -2.00. The molecular weight excluding hydrogens is 138 g/mol. The van der Waals surface area contributed by atoms with E-state index in [1.807, 2.05) is 5.38 Å². The largest absolute Gasteiger partial charge is 0.290 e. The molecule has 0 spiro atoms. The maximum atomic E-state index is 8.04. The maximum Gasteiger partial charge on any atom is 0.210 e. The first-order valence-electron chi connectivity index (χ1n) is 2.25. The molecule has 0 unspecified atom stereocenters. The lowest BCUT2D eigenvalue weighted by molar-refractivity contribution is 0.240. The molecular formula is C4H5N3OS. The van der Waals surface area contributed by atoms with E-state index in [0.717, 1.165) is 0 Å². The molecule has 0 fully saturated rings. The van der Waals surface area contributed by atoms with Crippen LogP contribution in [0.3, 0.4) is 0 Å². The van der Waals surface area contributed by atoms with Gasteiger partial charge in [0.15, 0.2) is 0 Å². The van der Waals surface area contributed by atoms with Crippen LogP contribution in [0.4, 0.5) is 5.13 Å². The summed E-state index contributed by atoms with van der Waals surface area (Å²) in [6.45, 7) is 0. The number of nitrogens with zero attached hydrogens (tertiary/aromatic N) is 2. The third kappa shape index (κ3) is 1.79. The summed E-state index contributed by atoms with van der Waals surface area (Å²) in [7, 11) is 0. The van der Waals surface area contributed by atoms with Gasteiger partial charge in [0.25, 0.3) is 0 Å². The van der Waals surface area contributed by atoms with E-state index in [1.165, 1.54) is 17.7 Å². The molecule has 0 saturated heterocycles. The molecule has 1 rings (SSSR count). The predicted molar refractivity (Wildman–Crippen MR) is 35.2 cm³/mol. The first-order chi connectivity index (χ1) is 4.43. The second kappa shape index (κ2) is 3.16. The molecule has 2 N–H and O–H groups in total. The van der Waals surface area contributed by atoms with Crippen LogP contribution in [0.2, 0.25) is 0 Å². The van der Waals surface area contributed by atoms with E-state index in [1.54, 1.807) is 11.7 Å². The van der Waals surface area contributed by atoms with Gasteiger partial charge in [0.05, 0.1) is 0 Å². The van der Waals surface area contributed by atoms with Crippen molar-refractivity contribution >= 4 is 22.8 Å². The van der Waals surface area contributed by atoms with E-state index in [0.29, 0.717) is 5.13 Å². The second-order valence-electron chi connectivity index (χ2n) is 1.20. The molecule has 0 bridgehead atoms. The minimum atomic E-state index is 0.622. The summed E-state index contributed by atoms with van der Waals surface area (Å²) in [6.07, 6.45) is 2.81. The maximum absolute atomic E-state index is 8.04. The minimum Gasteiger partial charge on any atom is -0.290 e. The van der Waals surface area contributed by atoms with Crippen molar-refractivity contribution in [2.24, 2.45) is 4.99 Å². The molecule has 0 amide bonds. The number of hydroxylamine groups is 1. The third-order valence-electron chi connectivity index (χ3n) is 0.652. The first-order valence-corrected chi connectivity index (χ1v) is 3.13. The number of aliphatic imine (C=N–C) groups is 1. The predicted octanol–water partition coefficient (Wildman–Crippen LogP) is 0.782. The van der Waals surface area contributed by atoms with Crippen LogP contribution in [-0.4, -0.2) is 16.5 Å². The zero-order valence-electron chi connectivity index (χ0n) is 4.48. The van der Waals surface area contributed by atoms with E-state index in [2.05, 4.69) is 9.98 Å². The summed E-state index contributed by atoms with van der Waals surface area (Å²) >= 11 is 1.40. The summed E-state index contributed by atoms with van der Waals surface area (Å²) in [5.41, 5.74) is 1.78. The van der Waals surface area contributed by atoms with Gasteiger partial charge in [-0.05, 0) is 0 Å². The van der Waals surface area contributed by atoms with E-state index in [-0.39, 0.29) is 0 Å². The molecule has 1 aromatic rings.